The van der Waals surface area contributed by atoms with Crippen LogP contribution in [0, 0.1) is 13.8 Å². The number of carbonyl (C=O) groups is 1. The fourth-order valence-corrected chi connectivity index (χ4v) is 1.52. The molecular formula is C26H53OP. The molecule has 0 aliphatic carbocycles. The summed E-state index contributed by atoms with van der Waals surface area (Å²) in [6.45, 7) is 24.2. The number of allylic oxidation sites excluding steroid dienone is 2. The van der Waals surface area contributed by atoms with Crippen LogP contribution in [0.15, 0.2) is 35.9 Å². The third-order valence-corrected chi connectivity index (χ3v) is 3.35. The van der Waals surface area contributed by atoms with Gasteiger partial charge in [-0.05, 0) is 40.0 Å². The molecule has 0 aliphatic rings. The normalized spacial score (nSPS) is 7.61. The second-order valence-corrected chi connectivity index (χ2v) is 5.57. The molecule has 0 amide bonds. The van der Waals surface area contributed by atoms with Crippen LogP contribution in [0.4, 0.5) is 0 Å². The Morgan fingerprint density at radius 2 is 1.07 bits per heavy atom. The average Bonchev–Trinajstić information content (AvgIpc) is 2.76. The van der Waals surface area contributed by atoms with E-state index in [9.17, 15) is 4.79 Å². The standard InChI is InChI=1S/C9H18.C8H10.C4H8O.2C2H6.CH5P/c1-4-7-8-9(5-2)6-3;1-7-3-5-8(2)6-4-7;1-3-4(2)5;3*1-2/h8H,4-7H2,1-3H3;3-6H,1-2H3;3H2,1-2H3;2*1-2H3;2H2,1H3. The number of hydrogen-bond donors (Lipinski definition) is 0. The summed E-state index contributed by atoms with van der Waals surface area (Å²) in [5.41, 5.74) is 4.27. The highest BCUT2D eigenvalue weighted by atomic mass is 31.0. The number of carbonyl (C=O) groups excluding carboxylic acids is 1. The van der Waals surface area contributed by atoms with Crippen LogP contribution in [-0.2, 0) is 4.79 Å². The summed E-state index contributed by atoms with van der Waals surface area (Å²) in [6, 6.07) is 8.48. The van der Waals surface area contributed by atoms with Crippen LogP contribution in [0.25, 0.3) is 0 Å². The molecule has 0 fully saturated rings. The van der Waals surface area contributed by atoms with E-state index >= 15 is 0 Å². The molecule has 0 saturated carbocycles. The number of ketones is 1. The fraction of sp³-hybridized carbons (Fsp3) is 0.654. The van der Waals surface area contributed by atoms with Gasteiger partial charge >= 0.3 is 0 Å². The molecule has 1 aromatic rings. The first-order valence-corrected chi connectivity index (χ1v) is 12.3. The summed E-state index contributed by atoms with van der Waals surface area (Å²) < 4.78 is 0. The largest absolute Gasteiger partial charge is 0.300 e. The molecule has 0 bridgehead atoms. The van der Waals surface area contributed by atoms with Crippen molar-refractivity contribution in [3.8, 4) is 0 Å². The lowest BCUT2D eigenvalue weighted by Gasteiger charge is -1.97. The lowest BCUT2D eigenvalue weighted by molar-refractivity contribution is -0.116. The molecule has 2 heteroatoms. The van der Waals surface area contributed by atoms with Crippen LogP contribution < -0.4 is 0 Å². The van der Waals surface area contributed by atoms with Gasteiger partial charge < -0.3 is 4.79 Å². The van der Waals surface area contributed by atoms with Gasteiger partial charge in [-0.1, -0.05) is 116 Å². The Hall–Kier alpha value is -0.940. The number of Topliss-reactive ketones (excluding diaryl/α,β-unsaturated/α-hetero) is 1. The van der Waals surface area contributed by atoms with E-state index in [1.807, 2.05) is 41.3 Å². The van der Waals surface area contributed by atoms with Gasteiger partial charge in [-0.2, -0.15) is 0 Å². The number of unbranched alkanes of at least 4 members (excludes halogenated alkanes) is 1. The summed E-state index contributed by atoms with van der Waals surface area (Å²) >= 11 is 0. The lowest BCUT2D eigenvalue weighted by atomic mass is 10.1. The molecular weight excluding hydrogens is 359 g/mol. The van der Waals surface area contributed by atoms with Crippen molar-refractivity contribution in [2.24, 2.45) is 0 Å². The first-order chi connectivity index (χ1) is 13.4. The number of rotatable bonds is 5. The number of hydrogen-bond acceptors (Lipinski definition) is 1. The molecule has 168 valence electrons. The van der Waals surface area contributed by atoms with Crippen LogP contribution in [0.2, 0.25) is 0 Å². The second-order valence-electron chi connectivity index (χ2n) is 5.57. The van der Waals surface area contributed by atoms with Crippen LogP contribution in [0.3, 0.4) is 0 Å². The molecule has 1 nitrogen and oxygen atoms in total. The molecule has 1 unspecified atom stereocenters. The number of aryl methyl sites for hydroxylation is 2. The van der Waals surface area contributed by atoms with Gasteiger partial charge in [0.15, 0.2) is 0 Å². The van der Waals surface area contributed by atoms with Crippen molar-refractivity contribution in [3.05, 3.63) is 47.0 Å². The fourth-order valence-electron chi connectivity index (χ4n) is 1.52. The zero-order chi connectivity index (χ0) is 23.4. The summed E-state index contributed by atoms with van der Waals surface area (Å²) in [4.78, 5) is 9.81. The zero-order valence-electron chi connectivity index (χ0n) is 21.4. The predicted octanol–water partition coefficient (Wildman–Crippen LogP) is 9.37. The van der Waals surface area contributed by atoms with Crippen LogP contribution in [0.5, 0.6) is 0 Å². The van der Waals surface area contributed by atoms with Gasteiger partial charge in [-0.3, -0.25) is 0 Å². The maximum Gasteiger partial charge on any atom is 0.129 e. The molecule has 0 saturated heterocycles. The van der Waals surface area contributed by atoms with Crippen LogP contribution in [-0.4, -0.2) is 12.4 Å². The van der Waals surface area contributed by atoms with Gasteiger partial charge in [-0.15, -0.1) is 9.24 Å². The van der Waals surface area contributed by atoms with Crippen molar-refractivity contribution in [2.75, 3.05) is 6.66 Å². The summed E-state index contributed by atoms with van der Waals surface area (Å²) in [6.07, 6.45) is 8.05. The molecule has 0 spiro atoms. The third kappa shape index (κ3) is 39.9. The summed E-state index contributed by atoms with van der Waals surface area (Å²) in [7, 11) is 2.42. The van der Waals surface area contributed by atoms with Gasteiger partial charge in [0.2, 0.25) is 0 Å². The summed E-state index contributed by atoms with van der Waals surface area (Å²) in [5.74, 6) is 0.255. The highest BCUT2D eigenvalue weighted by Gasteiger charge is 1.86. The zero-order valence-corrected chi connectivity index (χ0v) is 22.6. The highest BCUT2D eigenvalue weighted by Crippen LogP contribution is 2.06. The van der Waals surface area contributed by atoms with Crippen LogP contribution >= 0.6 is 9.24 Å². The van der Waals surface area contributed by atoms with Crippen molar-refractivity contribution in [1.82, 2.24) is 0 Å². The average molecular weight is 413 g/mol. The van der Waals surface area contributed by atoms with Crippen LogP contribution in [0.1, 0.15) is 106 Å². The molecule has 0 N–H and O–H groups in total. The Balaban J connectivity index is -0.0000000851. The molecule has 28 heavy (non-hydrogen) atoms. The number of benzene rings is 1. The van der Waals surface area contributed by atoms with E-state index in [-0.39, 0.29) is 5.78 Å². The van der Waals surface area contributed by atoms with Gasteiger partial charge in [0.05, 0.1) is 0 Å². The van der Waals surface area contributed by atoms with Gasteiger partial charge in [0, 0.05) is 6.42 Å². The minimum Gasteiger partial charge on any atom is -0.300 e. The van der Waals surface area contributed by atoms with E-state index < -0.39 is 0 Å². The highest BCUT2D eigenvalue weighted by molar-refractivity contribution is 7.15. The molecule has 1 aromatic carbocycles. The Bertz CT molecular complexity index is 378. The first kappa shape index (κ1) is 37.8. The van der Waals surface area contributed by atoms with Gasteiger partial charge in [0.1, 0.15) is 5.78 Å². The topological polar surface area (TPSA) is 17.1 Å². The van der Waals surface area contributed by atoms with Crippen molar-refractivity contribution in [3.63, 3.8) is 0 Å². The Morgan fingerprint density at radius 3 is 1.25 bits per heavy atom. The molecule has 1 atom stereocenters. The van der Waals surface area contributed by atoms with Gasteiger partial charge in [-0.25, -0.2) is 0 Å². The van der Waals surface area contributed by atoms with Crippen molar-refractivity contribution < 1.29 is 4.79 Å². The molecule has 0 aromatic heterocycles. The Kier molecular flexibility index (Phi) is 49.8. The monoisotopic (exact) mass is 412 g/mol. The van der Waals surface area contributed by atoms with E-state index in [0.29, 0.717) is 6.42 Å². The van der Waals surface area contributed by atoms with E-state index in [1.165, 1.54) is 36.8 Å². The quantitative estimate of drug-likeness (QED) is 0.348. The minimum absolute atomic E-state index is 0.255. The van der Waals surface area contributed by atoms with E-state index in [0.717, 1.165) is 0 Å². The maximum atomic E-state index is 9.81. The van der Waals surface area contributed by atoms with E-state index in [1.54, 1.807) is 12.5 Å². The van der Waals surface area contributed by atoms with E-state index in [2.05, 4.69) is 74.2 Å². The van der Waals surface area contributed by atoms with Gasteiger partial charge in [0.25, 0.3) is 0 Å². The molecule has 0 radical (unpaired) electrons. The maximum absolute atomic E-state index is 9.81. The first-order valence-electron chi connectivity index (χ1n) is 11.2. The van der Waals surface area contributed by atoms with Crippen molar-refractivity contribution in [2.45, 2.75) is 108 Å². The SMILES string of the molecule is CC.CC.CCC(C)=O.CCCC=C(CC)CC.CP.Cc1ccc(C)cc1. The molecule has 0 aliphatic heterocycles. The lowest BCUT2D eigenvalue weighted by Crippen LogP contribution is -1.80. The van der Waals surface area contributed by atoms with Crippen molar-refractivity contribution in [1.29, 1.82) is 0 Å². The minimum atomic E-state index is 0.255. The third-order valence-electron chi connectivity index (χ3n) is 3.35. The second kappa shape index (κ2) is 36.9. The Morgan fingerprint density at radius 1 is 0.786 bits per heavy atom. The molecule has 1 rings (SSSR count). The summed E-state index contributed by atoms with van der Waals surface area (Å²) in [5, 5.41) is 0. The van der Waals surface area contributed by atoms with E-state index in [4.69, 9.17) is 0 Å². The molecule has 0 heterocycles. The smallest absolute Gasteiger partial charge is 0.129 e. The van der Waals surface area contributed by atoms with Crippen molar-refractivity contribution >= 4 is 15.0 Å². The predicted molar refractivity (Wildman–Crippen MR) is 139 cm³/mol. The Labute approximate surface area is 182 Å².